The van der Waals surface area contributed by atoms with Gasteiger partial charge in [-0.1, -0.05) is 34.1 Å². The van der Waals surface area contributed by atoms with Gasteiger partial charge >= 0.3 is 6.18 Å². The Balaban J connectivity index is 3.31. The van der Waals surface area contributed by atoms with Gasteiger partial charge in [-0.15, -0.1) is 0 Å². The van der Waals surface area contributed by atoms with Gasteiger partial charge in [0.1, 0.15) is 0 Å². The Hall–Kier alpha value is -1.35. The number of thiol groups is 1. The number of alkyl halides is 3. The van der Waals surface area contributed by atoms with E-state index in [0.29, 0.717) is 18.2 Å². The number of hydrogen-bond acceptors (Lipinski definition) is 3. The van der Waals surface area contributed by atoms with Crippen molar-refractivity contribution in [1.82, 2.24) is 0 Å². The Morgan fingerprint density at radius 1 is 1.25 bits per heavy atom. The van der Waals surface area contributed by atoms with Crippen LogP contribution in [0.3, 0.4) is 0 Å². The smallest absolute Gasteiger partial charge is 0.360 e. The molecule has 24 heavy (non-hydrogen) atoms. The number of halogens is 3. The van der Waals surface area contributed by atoms with E-state index in [4.69, 9.17) is 5.26 Å². The number of hydrogen-bond donors (Lipinski definition) is 1. The Labute approximate surface area is 148 Å². The summed E-state index contributed by atoms with van der Waals surface area (Å²) in [5.74, 6) is 0.410. The van der Waals surface area contributed by atoms with Crippen molar-refractivity contribution in [2.45, 2.75) is 52.6 Å². The summed E-state index contributed by atoms with van der Waals surface area (Å²) >= 11 is 4.45. The van der Waals surface area contributed by atoms with Crippen LogP contribution in [0, 0.1) is 22.7 Å². The van der Waals surface area contributed by atoms with Crippen molar-refractivity contribution in [3.63, 3.8) is 0 Å². The van der Waals surface area contributed by atoms with Gasteiger partial charge < -0.3 is 4.90 Å². The molecule has 0 aliphatic carbocycles. The van der Waals surface area contributed by atoms with Crippen LogP contribution >= 0.6 is 12.6 Å². The first-order valence-electron chi connectivity index (χ1n) is 8.00. The van der Waals surface area contributed by atoms with Crippen molar-refractivity contribution in [3.8, 4) is 6.07 Å². The number of rotatable bonds is 6. The maximum atomic E-state index is 13.2. The number of anilines is 1. The van der Waals surface area contributed by atoms with E-state index in [1.54, 1.807) is 12.1 Å². The fourth-order valence-corrected chi connectivity index (χ4v) is 2.84. The zero-order valence-electron chi connectivity index (χ0n) is 14.8. The molecular formula is C18H25F3N2S. The zero-order valence-corrected chi connectivity index (χ0v) is 15.7. The second-order valence-corrected chi connectivity index (χ2v) is 7.64. The number of nitriles is 1. The highest BCUT2D eigenvalue weighted by molar-refractivity contribution is 7.81. The molecule has 134 valence electrons. The molecule has 2 unspecified atom stereocenters. The van der Waals surface area contributed by atoms with Crippen LogP contribution in [0.25, 0.3) is 0 Å². The molecule has 1 aromatic carbocycles. The molecule has 0 bridgehead atoms. The topological polar surface area (TPSA) is 27.0 Å². The third-order valence-electron chi connectivity index (χ3n) is 4.74. The first-order chi connectivity index (χ1) is 10.9. The third kappa shape index (κ3) is 4.83. The third-order valence-corrected chi connectivity index (χ3v) is 5.01. The summed E-state index contributed by atoms with van der Waals surface area (Å²) in [7, 11) is 0. The molecule has 0 aliphatic rings. The highest BCUT2D eigenvalue weighted by Crippen LogP contribution is 2.37. The molecule has 0 amide bonds. The molecule has 0 N–H and O–H groups in total. The monoisotopic (exact) mass is 358 g/mol. The van der Waals surface area contributed by atoms with Crippen LogP contribution in [0.2, 0.25) is 0 Å². The van der Waals surface area contributed by atoms with Gasteiger partial charge in [-0.3, -0.25) is 0 Å². The van der Waals surface area contributed by atoms with Crippen molar-refractivity contribution in [2.24, 2.45) is 11.3 Å². The summed E-state index contributed by atoms with van der Waals surface area (Å²) in [5.41, 5.74) is -0.917. The highest BCUT2D eigenvalue weighted by atomic mass is 32.1. The lowest BCUT2D eigenvalue weighted by Gasteiger charge is -2.40. The largest absolute Gasteiger partial charge is 0.417 e. The van der Waals surface area contributed by atoms with Crippen LogP contribution in [0.4, 0.5) is 18.9 Å². The highest BCUT2D eigenvalue weighted by Gasteiger charge is 2.35. The van der Waals surface area contributed by atoms with E-state index >= 15 is 0 Å². The maximum Gasteiger partial charge on any atom is 0.417 e. The van der Waals surface area contributed by atoms with E-state index in [0.717, 1.165) is 12.5 Å². The Morgan fingerprint density at radius 3 is 2.25 bits per heavy atom. The van der Waals surface area contributed by atoms with E-state index in [2.05, 4.69) is 40.3 Å². The number of benzene rings is 1. The lowest BCUT2D eigenvalue weighted by Crippen LogP contribution is -2.41. The molecule has 1 rings (SSSR count). The van der Waals surface area contributed by atoms with E-state index < -0.39 is 11.7 Å². The first-order valence-corrected chi connectivity index (χ1v) is 8.51. The molecule has 0 aliphatic heterocycles. The maximum absolute atomic E-state index is 13.2. The fourth-order valence-electron chi connectivity index (χ4n) is 2.63. The molecule has 1 aromatic rings. The van der Waals surface area contributed by atoms with Gasteiger partial charge in [0.05, 0.1) is 22.6 Å². The van der Waals surface area contributed by atoms with Crippen molar-refractivity contribution in [3.05, 3.63) is 29.3 Å². The van der Waals surface area contributed by atoms with E-state index in [1.807, 2.05) is 11.8 Å². The number of nitrogens with zero attached hydrogens (tertiary/aromatic N) is 2. The van der Waals surface area contributed by atoms with E-state index in [-0.39, 0.29) is 16.4 Å². The normalized spacial score (nSPS) is 14.8. The first kappa shape index (κ1) is 20.7. The summed E-state index contributed by atoms with van der Waals surface area (Å²) < 4.78 is 39.6. The molecule has 2 atom stereocenters. The minimum atomic E-state index is -4.56. The van der Waals surface area contributed by atoms with Crippen LogP contribution in [0.5, 0.6) is 0 Å². The molecule has 0 aromatic heterocycles. The van der Waals surface area contributed by atoms with Gasteiger partial charge in [0.15, 0.2) is 0 Å². The Morgan fingerprint density at radius 2 is 1.83 bits per heavy atom. The van der Waals surface area contributed by atoms with Gasteiger partial charge in [-0.05, 0) is 36.5 Å². The summed E-state index contributed by atoms with van der Waals surface area (Å²) in [6.45, 7) is 10.9. The summed E-state index contributed by atoms with van der Waals surface area (Å²) in [5, 5.41) is 8.69. The lowest BCUT2D eigenvalue weighted by atomic mass is 9.78. The van der Waals surface area contributed by atoms with Crippen molar-refractivity contribution in [2.75, 3.05) is 11.4 Å². The molecular weight excluding hydrogens is 333 g/mol. The lowest BCUT2D eigenvalue weighted by molar-refractivity contribution is -0.137. The molecule has 6 heteroatoms. The SMILES string of the molecule is CCC(C)C(C)(C)CN(c1ccc(C#N)c(C(F)(F)F)c1)C(C)S. The average Bonchev–Trinajstić information content (AvgIpc) is 2.50. The Bertz CT molecular complexity index is 603. The molecule has 0 saturated heterocycles. The molecule has 0 saturated carbocycles. The quantitative estimate of drug-likeness (QED) is 0.519. The van der Waals surface area contributed by atoms with Gasteiger partial charge in [0, 0.05) is 12.2 Å². The Kier molecular flexibility index (Phi) is 6.63. The molecule has 0 radical (unpaired) electrons. The van der Waals surface area contributed by atoms with Crippen LogP contribution < -0.4 is 4.90 Å². The van der Waals surface area contributed by atoms with Crippen LogP contribution in [-0.4, -0.2) is 11.9 Å². The van der Waals surface area contributed by atoms with E-state index in [9.17, 15) is 13.2 Å². The molecule has 0 fully saturated rings. The summed E-state index contributed by atoms with van der Waals surface area (Å²) in [6, 6.07) is 5.47. The van der Waals surface area contributed by atoms with E-state index in [1.165, 1.54) is 6.07 Å². The van der Waals surface area contributed by atoms with Crippen LogP contribution in [0.15, 0.2) is 18.2 Å². The molecule has 2 nitrogen and oxygen atoms in total. The molecule has 0 heterocycles. The minimum Gasteiger partial charge on any atom is -0.360 e. The van der Waals surface area contributed by atoms with Gasteiger partial charge in [-0.25, -0.2) is 0 Å². The van der Waals surface area contributed by atoms with Gasteiger partial charge in [0.2, 0.25) is 0 Å². The standard InChI is InChI=1S/C18H25F3N2S/c1-6-12(2)17(4,5)11-23(13(3)24)15-8-7-14(10-22)16(9-15)18(19,20)21/h7-9,12-13,24H,6,11H2,1-5H3. The van der Waals surface area contributed by atoms with Gasteiger partial charge in [-0.2, -0.15) is 31.1 Å². The summed E-state index contributed by atoms with van der Waals surface area (Å²) in [6.07, 6.45) is -3.57. The van der Waals surface area contributed by atoms with Crippen LogP contribution in [0.1, 0.15) is 52.2 Å². The molecule has 0 spiro atoms. The summed E-state index contributed by atoms with van der Waals surface area (Å²) in [4.78, 5) is 1.85. The van der Waals surface area contributed by atoms with Crippen molar-refractivity contribution < 1.29 is 13.2 Å². The predicted molar refractivity (Wildman–Crippen MR) is 95.2 cm³/mol. The zero-order chi connectivity index (χ0) is 18.7. The van der Waals surface area contributed by atoms with Gasteiger partial charge in [0.25, 0.3) is 0 Å². The second kappa shape index (κ2) is 7.69. The minimum absolute atomic E-state index is 0.0853. The van der Waals surface area contributed by atoms with Crippen LogP contribution in [-0.2, 0) is 6.18 Å². The second-order valence-electron chi connectivity index (χ2n) is 6.90. The van der Waals surface area contributed by atoms with Crippen molar-refractivity contribution in [1.29, 1.82) is 5.26 Å². The fraction of sp³-hybridized carbons (Fsp3) is 0.611. The average molecular weight is 358 g/mol. The van der Waals surface area contributed by atoms with Crippen molar-refractivity contribution >= 4 is 18.3 Å². The predicted octanol–water partition coefficient (Wildman–Crippen LogP) is 5.73.